The minimum atomic E-state index is -0.0313. The molecule has 0 radical (unpaired) electrons. The van der Waals surface area contributed by atoms with E-state index in [4.69, 9.17) is 17.3 Å². The summed E-state index contributed by atoms with van der Waals surface area (Å²) in [5, 5.41) is 0.729. The third-order valence-electron chi connectivity index (χ3n) is 1.73. The number of hydrogen-bond acceptors (Lipinski definition) is 1. The molecule has 1 aromatic carbocycles. The van der Waals surface area contributed by atoms with E-state index in [-0.39, 0.29) is 18.4 Å². The lowest BCUT2D eigenvalue weighted by atomic mass is 10.1. The van der Waals surface area contributed by atoms with E-state index in [0.29, 0.717) is 0 Å². The summed E-state index contributed by atoms with van der Waals surface area (Å²) in [6, 6.07) is 7.59. The van der Waals surface area contributed by atoms with Crippen LogP contribution in [0.1, 0.15) is 18.0 Å². The molecule has 3 heteroatoms. The number of hydrogen-bond donors (Lipinski definition) is 1. The summed E-state index contributed by atoms with van der Waals surface area (Å²) in [6.07, 6.45) is 2.55. The van der Waals surface area contributed by atoms with Gasteiger partial charge in [0, 0.05) is 11.1 Å². The molecule has 0 saturated heterocycles. The number of benzene rings is 1. The summed E-state index contributed by atoms with van der Waals surface area (Å²) in [5.41, 5.74) is 6.84. The second-order valence-corrected chi connectivity index (χ2v) is 3.06. The molecule has 0 unspecified atom stereocenters. The standard InChI is InChI=1S/C10H12ClN.ClH/c1-2-5-10(12)8-6-3-4-7-9(8)11;/h2-4,6-7,10H,1,5,12H2;1H/t10-;/m0./s1. The third-order valence-corrected chi connectivity index (χ3v) is 2.07. The molecule has 1 aromatic rings. The molecule has 13 heavy (non-hydrogen) atoms. The van der Waals surface area contributed by atoms with Crippen molar-refractivity contribution in [3.8, 4) is 0 Å². The van der Waals surface area contributed by atoms with Gasteiger partial charge in [0.15, 0.2) is 0 Å². The van der Waals surface area contributed by atoms with Crippen LogP contribution < -0.4 is 5.73 Å². The minimum Gasteiger partial charge on any atom is -0.324 e. The van der Waals surface area contributed by atoms with Gasteiger partial charge >= 0.3 is 0 Å². The van der Waals surface area contributed by atoms with Crippen molar-refractivity contribution >= 4 is 24.0 Å². The van der Waals surface area contributed by atoms with Crippen LogP contribution in [0.2, 0.25) is 5.02 Å². The van der Waals surface area contributed by atoms with Gasteiger partial charge in [0.1, 0.15) is 0 Å². The van der Waals surface area contributed by atoms with Crippen molar-refractivity contribution in [3.05, 3.63) is 47.5 Å². The van der Waals surface area contributed by atoms with E-state index in [0.717, 1.165) is 17.0 Å². The predicted molar refractivity (Wildman–Crippen MR) is 60.4 cm³/mol. The molecular formula is C10H13Cl2N. The average Bonchev–Trinajstić information content (AvgIpc) is 2.05. The first-order valence-electron chi connectivity index (χ1n) is 3.86. The fourth-order valence-electron chi connectivity index (χ4n) is 1.08. The highest BCUT2D eigenvalue weighted by molar-refractivity contribution is 6.31. The molecule has 0 aliphatic carbocycles. The van der Waals surface area contributed by atoms with Crippen LogP contribution in [0.5, 0.6) is 0 Å². The maximum absolute atomic E-state index is 5.94. The summed E-state index contributed by atoms with van der Waals surface area (Å²) in [6.45, 7) is 3.63. The Morgan fingerprint density at radius 3 is 2.62 bits per heavy atom. The van der Waals surface area contributed by atoms with E-state index >= 15 is 0 Å². The summed E-state index contributed by atoms with van der Waals surface area (Å²) in [5.74, 6) is 0. The van der Waals surface area contributed by atoms with Gasteiger partial charge in [-0.15, -0.1) is 19.0 Å². The van der Waals surface area contributed by atoms with Gasteiger partial charge in [-0.1, -0.05) is 35.9 Å². The van der Waals surface area contributed by atoms with Gasteiger partial charge in [0.25, 0.3) is 0 Å². The Morgan fingerprint density at radius 2 is 2.08 bits per heavy atom. The van der Waals surface area contributed by atoms with Crippen LogP contribution in [0.15, 0.2) is 36.9 Å². The number of nitrogens with two attached hydrogens (primary N) is 1. The fourth-order valence-corrected chi connectivity index (χ4v) is 1.36. The molecule has 0 fully saturated rings. The minimum absolute atomic E-state index is 0. The number of halogens is 2. The van der Waals surface area contributed by atoms with Crippen molar-refractivity contribution in [1.82, 2.24) is 0 Å². The Bertz CT molecular complexity index is 273. The van der Waals surface area contributed by atoms with E-state index in [2.05, 4.69) is 6.58 Å². The molecule has 0 aliphatic rings. The van der Waals surface area contributed by atoms with Gasteiger partial charge in [-0.2, -0.15) is 0 Å². The molecule has 1 nitrogen and oxygen atoms in total. The van der Waals surface area contributed by atoms with Crippen molar-refractivity contribution in [2.24, 2.45) is 5.73 Å². The van der Waals surface area contributed by atoms with Crippen molar-refractivity contribution in [1.29, 1.82) is 0 Å². The Balaban J connectivity index is 0.00000144. The van der Waals surface area contributed by atoms with Gasteiger partial charge in [-0.05, 0) is 18.1 Å². The summed E-state index contributed by atoms with van der Waals surface area (Å²) in [7, 11) is 0. The normalized spacial score (nSPS) is 11.5. The largest absolute Gasteiger partial charge is 0.324 e. The Hall–Kier alpha value is -0.500. The highest BCUT2D eigenvalue weighted by Crippen LogP contribution is 2.22. The molecule has 0 bridgehead atoms. The Kier molecular flexibility index (Phi) is 5.80. The van der Waals surface area contributed by atoms with Gasteiger partial charge in [0.2, 0.25) is 0 Å². The van der Waals surface area contributed by atoms with Crippen molar-refractivity contribution in [2.45, 2.75) is 12.5 Å². The second kappa shape index (κ2) is 6.03. The molecule has 1 atom stereocenters. The smallest absolute Gasteiger partial charge is 0.0453 e. The quantitative estimate of drug-likeness (QED) is 0.773. The van der Waals surface area contributed by atoms with Gasteiger partial charge in [0.05, 0.1) is 0 Å². The molecular weight excluding hydrogens is 205 g/mol. The van der Waals surface area contributed by atoms with Crippen LogP contribution in [-0.4, -0.2) is 0 Å². The molecule has 2 N–H and O–H groups in total. The fraction of sp³-hybridized carbons (Fsp3) is 0.200. The van der Waals surface area contributed by atoms with Crippen molar-refractivity contribution in [3.63, 3.8) is 0 Å². The number of rotatable bonds is 3. The third kappa shape index (κ3) is 3.39. The molecule has 0 amide bonds. The predicted octanol–water partition coefficient (Wildman–Crippen LogP) is 3.34. The maximum atomic E-state index is 5.94. The van der Waals surface area contributed by atoms with Crippen LogP contribution in [-0.2, 0) is 0 Å². The molecule has 0 saturated carbocycles. The first kappa shape index (κ1) is 12.5. The van der Waals surface area contributed by atoms with Crippen molar-refractivity contribution in [2.75, 3.05) is 0 Å². The van der Waals surface area contributed by atoms with E-state index in [1.54, 1.807) is 6.08 Å². The molecule has 0 spiro atoms. The summed E-state index contributed by atoms with van der Waals surface area (Å²) < 4.78 is 0. The highest BCUT2D eigenvalue weighted by Gasteiger charge is 2.06. The van der Waals surface area contributed by atoms with Crippen LogP contribution in [0, 0.1) is 0 Å². The second-order valence-electron chi connectivity index (χ2n) is 2.65. The molecule has 72 valence electrons. The first-order chi connectivity index (χ1) is 5.75. The van der Waals surface area contributed by atoms with E-state index in [1.165, 1.54) is 0 Å². The monoisotopic (exact) mass is 217 g/mol. The molecule has 0 aromatic heterocycles. The average molecular weight is 218 g/mol. The zero-order chi connectivity index (χ0) is 8.97. The molecule has 0 heterocycles. The highest BCUT2D eigenvalue weighted by atomic mass is 35.5. The maximum Gasteiger partial charge on any atom is 0.0453 e. The van der Waals surface area contributed by atoms with Crippen LogP contribution >= 0.6 is 24.0 Å². The lowest BCUT2D eigenvalue weighted by molar-refractivity contribution is 0.742. The SMILES string of the molecule is C=CC[C@H](N)c1ccccc1Cl.Cl. The van der Waals surface area contributed by atoms with Gasteiger partial charge in [-0.3, -0.25) is 0 Å². The van der Waals surface area contributed by atoms with E-state index in [1.807, 2.05) is 24.3 Å². The van der Waals surface area contributed by atoms with Gasteiger partial charge < -0.3 is 5.73 Å². The zero-order valence-corrected chi connectivity index (χ0v) is 8.81. The van der Waals surface area contributed by atoms with E-state index in [9.17, 15) is 0 Å². The lowest BCUT2D eigenvalue weighted by Crippen LogP contribution is -2.09. The van der Waals surface area contributed by atoms with Crippen LogP contribution in [0.25, 0.3) is 0 Å². The van der Waals surface area contributed by atoms with Crippen LogP contribution in [0.3, 0.4) is 0 Å². The molecule has 1 rings (SSSR count). The van der Waals surface area contributed by atoms with E-state index < -0.39 is 0 Å². The molecule has 0 aliphatic heterocycles. The van der Waals surface area contributed by atoms with Crippen molar-refractivity contribution < 1.29 is 0 Å². The topological polar surface area (TPSA) is 26.0 Å². The Labute approximate surface area is 90.0 Å². The van der Waals surface area contributed by atoms with Crippen LogP contribution in [0.4, 0.5) is 0 Å². The summed E-state index contributed by atoms with van der Waals surface area (Å²) in [4.78, 5) is 0. The lowest BCUT2D eigenvalue weighted by Gasteiger charge is -2.10. The zero-order valence-electron chi connectivity index (χ0n) is 7.24. The van der Waals surface area contributed by atoms with Gasteiger partial charge in [-0.25, -0.2) is 0 Å². The summed E-state index contributed by atoms with van der Waals surface area (Å²) >= 11 is 5.94. The first-order valence-corrected chi connectivity index (χ1v) is 4.24. The Morgan fingerprint density at radius 1 is 1.46 bits per heavy atom.